The van der Waals surface area contributed by atoms with Crippen LogP contribution in [0.3, 0.4) is 0 Å². The molecule has 0 heterocycles. The molecule has 7 heteroatoms. The molecule has 0 aliphatic heterocycles. The Morgan fingerprint density at radius 1 is 1.13 bits per heavy atom. The molecule has 1 fully saturated rings. The third kappa shape index (κ3) is 6.39. The van der Waals surface area contributed by atoms with Gasteiger partial charge in [0, 0.05) is 23.9 Å². The van der Waals surface area contributed by atoms with Crippen LogP contribution in [0, 0.1) is 12.8 Å². The number of hydrogen-bond acceptors (Lipinski definition) is 5. The zero-order valence-corrected chi connectivity index (χ0v) is 17.8. The van der Waals surface area contributed by atoms with Crippen molar-refractivity contribution in [3.05, 3.63) is 70.8 Å². The number of amides is 2. The molecule has 2 aromatic carbocycles. The quantitative estimate of drug-likeness (QED) is 0.610. The van der Waals surface area contributed by atoms with Crippen LogP contribution < -0.4 is 11.1 Å². The van der Waals surface area contributed by atoms with Crippen LogP contribution in [0.5, 0.6) is 0 Å². The van der Waals surface area contributed by atoms with Crippen LogP contribution in [-0.2, 0) is 27.3 Å². The summed E-state index contributed by atoms with van der Waals surface area (Å²) in [7, 11) is 0. The molecule has 3 atom stereocenters. The molecule has 1 saturated carbocycles. The highest BCUT2D eigenvalue weighted by Crippen LogP contribution is 2.31. The summed E-state index contributed by atoms with van der Waals surface area (Å²) >= 11 is 0. The number of Topliss-reactive ketones (excluding diaryl/α,β-unsaturated/α-hetero) is 1. The van der Waals surface area contributed by atoms with Crippen LogP contribution >= 0.6 is 0 Å². The van der Waals surface area contributed by atoms with E-state index in [9.17, 15) is 14.4 Å². The van der Waals surface area contributed by atoms with E-state index < -0.39 is 12.2 Å². The van der Waals surface area contributed by atoms with Gasteiger partial charge >= 0.3 is 6.09 Å². The van der Waals surface area contributed by atoms with Gasteiger partial charge < -0.3 is 20.5 Å². The molecule has 0 radical (unpaired) electrons. The second kappa shape index (κ2) is 10.2. The fraction of sp³-hybridized carbons (Fsp3) is 0.375. The van der Waals surface area contributed by atoms with E-state index in [0.717, 1.165) is 17.5 Å². The molecule has 3 rings (SSSR count). The van der Waals surface area contributed by atoms with Crippen LogP contribution in [0.25, 0.3) is 0 Å². The zero-order valence-electron chi connectivity index (χ0n) is 17.8. The van der Waals surface area contributed by atoms with Crippen molar-refractivity contribution in [1.82, 2.24) is 5.32 Å². The normalized spacial score (nSPS) is 18.1. The number of aryl methyl sites for hydroxylation is 1. The standard InChI is InChI=1S/C24H28N2O5/c1-15-7-6-10-18(12-21(27)16(2)31-24(25)29)22(15)23(28)26-20-11-19(20)14-30-13-17-8-4-3-5-9-17/h3-10,16,19-20H,11-14H2,1-2H3,(H2,25,29)(H,26,28). The second-order valence-electron chi connectivity index (χ2n) is 7.91. The van der Waals surface area contributed by atoms with Crippen LogP contribution in [-0.4, -0.2) is 36.5 Å². The topological polar surface area (TPSA) is 108 Å². The number of nitrogens with one attached hydrogen (secondary N) is 1. The molecule has 2 aromatic rings. The van der Waals surface area contributed by atoms with Crippen molar-refractivity contribution in [2.75, 3.05) is 6.61 Å². The van der Waals surface area contributed by atoms with E-state index in [0.29, 0.717) is 24.3 Å². The molecule has 1 aliphatic carbocycles. The first-order valence-corrected chi connectivity index (χ1v) is 10.3. The average molecular weight is 424 g/mol. The molecule has 1 aliphatic rings. The Balaban J connectivity index is 1.54. The summed E-state index contributed by atoms with van der Waals surface area (Å²) in [6.45, 7) is 4.43. The first-order chi connectivity index (χ1) is 14.8. The molecule has 0 saturated heterocycles. The van der Waals surface area contributed by atoms with E-state index in [-0.39, 0.29) is 30.1 Å². The van der Waals surface area contributed by atoms with Gasteiger partial charge in [0.15, 0.2) is 11.9 Å². The summed E-state index contributed by atoms with van der Waals surface area (Å²) < 4.78 is 10.5. The van der Waals surface area contributed by atoms with Crippen molar-refractivity contribution in [1.29, 1.82) is 0 Å². The van der Waals surface area contributed by atoms with Gasteiger partial charge in [-0.1, -0.05) is 48.5 Å². The molecule has 0 aromatic heterocycles. The minimum Gasteiger partial charge on any atom is -0.439 e. The van der Waals surface area contributed by atoms with Crippen molar-refractivity contribution in [3.63, 3.8) is 0 Å². The lowest BCUT2D eigenvalue weighted by Crippen LogP contribution is -2.31. The van der Waals surface area contributed by atoms with Crippen LogP contribution in [0.1, 0.15) is 40.4 Å². The lowest BCUT2D eigenvalue weighted by molar-refractivity contribution is -0.125. The van der Waals surface area contributed by atoms with Crippen LogP contribution in [0.2, 0.25) is 0 Å². The van der Waals surface area contributed by atoms with Crippen molar-refractivity contribution in [3.8, 4) is 0 Å². The van der Waals surface area contributed by atoms with Crippen molar-refractivity contribution in [2.24, 2.45) is 11.7 Å². The number of hydrogen-bond donors (Lipinski definition) is 2. The number of carbonyl (C=O) groups excluding carboxylic acids is 3. The van der Waals surface area contributed by atoms with E-state index in [1.54, 1.807) is 12.1 Å². The maximum atomic E-state index is 12.9. The molecule has 0 bridgehead atoms. The molecule has 164 valence electrons. The Bertz CT molecular complexity index is 944. The number of carbonyl (C=O) groups is 3. The van der Waals surface area contributed by atoms with Gasteiger partial charge in [-0.15, -0.1) is 0 Å². The second-order valence-corrected chi connectivity index (χ2v) is 7.91. The number of nitrogens with two attached hydrogens (primary N) is 1. The molecule has 3 N–H and O–H groups in total. The monoisotopic (exact) mass is 424 g/mol. The highest BCUT2D eigenvalue weighted by Gasteiger charge is 2.39. The minimum atomic E-state index is -1.00. The average Bonchev–Trinajstić information content (AvgIpc) is 3.45. The smallest absolute Gasteiger partial charge is 0.405 e. The van der Waals surface area contributed by atoms with Crippen LogP contribution in [0.4, 0.5) is 4.79 Å². The maximum Gasteiger partial charge on any atom is 0.405 e. The Hall–Kier alpha value is -3.19. The number of primary amides is 1. The number of ether oxygens (including phenoxy) is 2. The molecule has 7 nitrogen and oxygen atoms in total. The van der Waals surface area contributed by atoms with Gasteiger partial charge in [0.2, 0.25) is 0 Å². The Morgan fingerprint density at radius 2 is 1.87 bits per heavy atom. The van der Waals surface area contributed by atoms with E-state index in [1.807, 2.05) is 43.3 Å². The van der Waals surface area contributed by atoms with E-state index >= 15 is 0 Å². The lowest BCUT2D eigenvalue weighted by atomic mass is 9.96. The summed E-state index contributed by atoms with van der Waals surface area (Å²) in [5, 5.41) is 3.05. The zero-order chi connectivity index (χ0) is 22.4. The number of benzene rings is 2. The first-order valence-electron chi connectivity index (χ1n) is 10.3. The van der Waals surface area contributed by atoms with Gasteiger partial charge in [-0.2, -0.15) is 0 Å². The summed E-state index contributed by atoms with van der Waals surface area (Å²) in [6, 6.07) is 15.4. The van der Waals surface area contributed by atoms with Gasteiger partial charge in [-0.05, 0) is 37.0 Å². The van der Waals surface area contributed by atoms with Gasteiger partial charge in [0.25, 0.3) is 5.91 Å². The molecule has 0 spiro atoms. The number of ketones is 1. The van der Waals surface area contributed by atoms with Crippen molar-refractivity contribution >= 4 is 17.8 Å². The van der Waals surface area contributed by atoms with E-state index in [4.69, 9.17) is 15.2 Å². The Labute approximate surface area is 181 Å². The lowest BCUT2D eigenvalue weighted by Gasteiger charge is -2.15. The summed E-state index contributed by atoms with van der Waals surface area (Å²) in [6.07, 6.45) is -1.13. The summed E-state index contributed by atoms with van der Waals surface area (Å²) in [4.78, 5) is 36.2. The van der Waals surface area contributed by atoms with Gasteiger partial charge in [0.05, 0.1) is 13.2 Å². The molecule has 2 amide bonds. The predicted octanol–water partition coefficient (Wildman–Crippen LogP) is 2.93. The predicted molar refractivity (Wildman–Crippen MR) is 115 cm³/mol. The highest BCUT2D eigenvalue weighted by molar-refractivity contribution is 5.99. The number of rotatable bonds is 10. The third-order valence-electron chi connectivity index (χ3n) is 5.38. The summed E-state index contributed by atoms with van der Waals surface area (Å²) in [5.74, 6) is -0.247. The van der Waals surface area contributed by atoms with Crippen LogP contribution in [0.15, 0.2) is 48.5 Å². The van der Waals surface area contributed by atoms with Gasteiger partial charge in [0.1, 0.15) is 0 Å². The molecular weight excluding hydrogens is 396 g/mol. The van der Waals surface area contributed by atoms with Gasteiger partial charge in [-0.3, -0.25) is 9.59 Å². The van der Waals surface area contributed by atoms with E-state index in [1.165, 1.54) is 6.92 Å². The third-order valence-corrected chi connectivity index (χ3v) is 5.38. The van der Waals surface area contributed by atoms with Crippen molar-refractivity contribution < 1.29 is 23.9 Å². The largest absolute Gasteiger partial charge is 0.439 e. The Kier molecular flexibility index (Phi) is 7.41. The van der Waals surface area contributed by atoms with E-state index in [2.05, 4.69) is 5.32 Å². The maximum absolute atomic E-state index is 12.9. The minimum absolute atomic E-state index is 0.0207. The molecule has 31 heavy (non-hydrogen) atoms. The molecular formula is C24H28N2O5. The fourth-order valence-corrected chi connectivity index (χ4v) is 3.52. The molecule has 3 unspecified atom stereocenters. The van der Waals surface area contributed by atoms with Gasteiger partial charge in [-0.25, -0.2) is 4.79 Å². The Morgan fingerprint density at radius 3 is 2.58 bits per heavy atom. The summed E-state index contributed by atoms with van der Waals surface area (Å²) in [5.41, 5.74) is 7.96. The SMILES string of the molecule is Cc1cccc(CC(=O)C(C)OC(N)=O)c1C(=O)NC1CC1COCc1ccccc1. The first kappa shape index (κ1) is 22.5. The van der Waals surface area contributed by atoms with Crippen molar-refractivity contribution in [2.45, 2.75) is 45.4 Å². The highest BCUT2D eigenvalue weighted by atomic mass is 16.6. The fourth-order valence-electron chi connectivity index (χ4n) is 3.52.